The second-order valence-electron chi connectivity index (χ2n) is 5.38. The smallest absolute Gasteiger partial charge is 0.221 e. The maximum Gasteiger partial charge on any atom is 0.221 e. The Morgan fingerprint density at radius 1 is 1.16 bits per heavy atom. The van der Waals surface area contributed by atoms with Crippen LogP contribution in [0.1, 0.15) is 49.0 Å². The Hall–Kier alpha value is -1.91. The molecule has 1 unspecified atom stereocenters. The molecule has 0 amide bonds. The van der Waals surface area contributed by atoms with E-state index in [1.807, 2.05) is 12.4 Å². The van der Waals surface area contributed by atoms with Crippen molar-refractivity contribution in [1.29, 1.82) is 0 Å². The van der Waals surface area contributed by atoms with E-state index in [0.29, 0.717) is 12.0 Å². The van der Waals surface area contributed by atoms with E-state index in [0.717, 1.165) is 24.7 Å². The summed E-state index contributed by atoms with van der Waals surface area (Å²) in [5.41, 5.74) is 1.27. The van der Waals surface area contributed by atoms with E-state index in [1.54, 1.807) is 0 Å². The van der Waals surface area contributed by atoms with Gasteiger partial charge in [0.15, 0.2) is 5.82 Å². The van der Waals surface area contributed by atoms with Crippen LogP contribution in [0.5, 0.6) is 0 Å². The summed E-state index contributed by atoms with van der Waals surface area (Å²) in [6.07, 6.45) is 8.54. The highest BCUT2D eigenvalue weighted by Gasteiger charge is 2.29. The molecular formula is C14H17N5. The molecule has 0 bridgehead atoms. The second-order valence-corrected chi connectivity index (χ2v) is 5.38. The van der Waals surface area contributed by atoms with E-state index in [1.165, 1.54) is 24.8 Å². The van der Waals surface area contributed by atoms with E-state index in [9.17, 15) is 0 Å². The van der Waals surface area contributed by atoms with Gasteiger partial charge in [0.2, 0.25) is 5.95 Å². The zero-order valence-electron chi connectivity index (χ0n) is 10.8. The molecule has 5 nitrogen and oxygen atoms in total. The summed E-state index contributed by atoms with van der Waals surface area (Å²) in [5.74, 6) is 2.53. The molecular weight excluding hydrogens is 238 g/mol. The van der Waals surface area contributed by atoms with Gasteiger partial charge in [-0.1, -0.05) is 6.42 Å². The molecule has 1 aliphatic heterocycles. The summed E-state index contributed by atoms with van der Waals surface area (Å²) >= 11 is 0. The fourth-order valence-electron chi connectivity index (χ4n) is 2.85. The molecule has 3 heterocycles. The van der Waals surface area contributed by atoms with Gasteiger partial charge in [0.05, 0.1) is 6.04 Å². The van der Waals surface area contributed by atoms with Gasteiger partial charge in [0.1, 0.15) is 0 Å². The van der Waals surface area contributed by atoms with Gasteiger partial charge in [-0.15, -0.1) is 0 Å². The highest BCUT2D eigenvalue weighted by molar-refractivity contribution is 5.33. The van der Waals surface area contributed by atoms with Gasteiger partial charge in [-0.25, -0.2) is 4.68 Å². The molecule has 0 spiro atoms. The molecule has 2 aromatic heterocycles. The van der Waals surface area contributed by atoms with Crippen molar-refractivity contribution in [1.82, 2.24) is 19.7 Å². The minimum Gasteiger partial charge on any atom is -0.354 e. The number of anilines is 1. The van der Waals surface area contributed by atoms with Gasteiger partial charge < -0.3 is 5.32 Å². The van der Waals surface area contributed by atoms with Crippen molar-refractivity contribution in [2.24, 2.45) is 0 Å². The molecule has 2 aliphatic rings. The molecule has 0 aromatic carbocycles. The van der Waals surface area contributed by atoms with Crippen LogP contribution in [0.2, 0.25) is 0 Å². The van der Waals surface area contributed by atoms with Crippen LogP contribution >= 0.6 is 0 Å². The molecule has 0 radical (unpaired) electrons. The Balaban J connectivity index is 1.71. The maximum atomic E-state index is 4.75. The monoisotopic (exact) mass is 255 g/mol. The van der Waals surface area contributed by atoms with Crippen molar-refractivity contribution in [3.63, 3.8) is 0 Å². The Labute approximate surface area is 112 Å². The summed E-state index contributed by atoms with van der Waals surface area (Å²) in [4.78, 5) is 8.76. The van der Waals surface area contributed by atoms with Gasteiger partial charge in [0, 0.05) is 24.9 Å². The molecule has 1 atom stereocenters. The number of rotatable bonds is 2. The van der Waals surface area contributed by atoms with Crippen molar-refractivity contribution in [2.45, 2.75) is 37.6 Å². The molecule has 1 aliphatic carbocycles. The molecule has 0 saturated heterocycles. The Morgan fingerprint density at radius 3 is 2.74 bits per heavy atom. The van der Waals surface area contributed by atoms with Crippen molar-refractivity contribution in [3.8, 4) is 0 Å². The second kappa shape index (κ2) is 4.33. The minimum absolute atomic E-state index is 0.292. The standard InChI is InChI=1S/C14H17N5/c1-2-11(3-1)13-17-14-16-9-6-12(19(14)18-13)10-4-7-15-8-5-10/h4-5,7-8,11-12H,1-3,6,9H2,(H,16,17,18). The van der Waals surface area contributed by atoms with Crippen LogP contribution in [0.15, 0.2) is 24.5 Å². The Morgan fingerprint density at radius 2 is 2.00 bits per heavy atom. The van der Waals surface area contributed by atoms with E-state index in [4.69, 9.17) is 5.10 Å². The predicted molar refractivity (Wildman–Crippen MR) is 72.1 cm³/mol. The predicted octanol–water partition coefficient (Wildman–Crippen LogP) is 2.35. The largest absolute Gasteiger partial charge is 0.354 e. The summed E-state index contributed by atoms with van der Waals surface area (Å²) in [6.45, 7) is 0.954. The summed E-state index contributed by atoms with van der Waals surface area (Å²) in [7, 11) is 0. The quantitative estimate of drug-likeness (QED) is 0.895. The molecule has 1 N–H and O–H groups in total. The van der Waals surface area contributed by atoms with Gasteiger partial charge in [0.25, 0.3) is 0 Å². The van der Waals surface area contributed by atoms with E-state index < -0.39 is 0 Å². The number of nitrogens with one attached hydrogen (secondary N) is 1. The first-order valence-electron chi connectivity index (χ1n) is 7.02. The number of aromatic nitrogens is 4. The molecule has 2 aromatic rings. The van der Waals surface area contributed by atoms with E-state index >= 15 is 0 Å². The summed E-state index contributed by atoms with van der Waals surface area (Å²) in [6, 6.07) is 4.44. The normalized spacial score (nSPS) is 22.4. The molecule has 98 valence electrons. The zero-order valence-corrected chi connectivity index (χ0v) is 10.8. The zero-order chi connectivity index (χ0) is 12.7. The van der Waals surface area contributed by atoms with Crippen LogP contribution in [0, 0.1) is 0 Å². The Bertz CT molecular complexity index is 573. The summed E-state index contributed by atoms with van der Waals surface area (Å²) in [5, 5.41) is 8.11. The molecule has 4 rings (SSSR count). The fraction of sp³-hybridized carbons (Fsp3) is 0.500. The van der Waals surface area contributed by atoms with Crippen molar-refractivity contribution < 1.29 is 0 Å². The minimum atomic E-state index is 0.292. The van der Waals surface area contributed by atoms with Crippen LogP contribution in [-0.2, 0) is 0 Å². The average molecular weight is 255 g/mol. The number of hydrogen-bond acceptors (Lipinski definition) is 4. The first-order valence-corrected chi connectivity index (χ1v) is 7.02. The topological polar surface area (TPSA) is 55.6 Å². The molecule has 1 fully saturated rings. The van der Waals surface area contributed by atoms with Crippen LogP contribution < -0.4 is 5.32 Å². The molecule has 1 saturated carbocycles. The van der Waals surface area contributed by atoms with Crippen LogP contribution in [0.25, 0.3) is 0 Å². The number of nitrogens with zero attached hydrogens (tertiary/aromatic N) is 4. The first kappa shape index (κ1) is 11.0. The third kappa shape index (κ3) is 1.80. The van der Waals surface area contributed by atoms with E-state index in [2.05, 4.69) is 32.1 Å². The average Bonchev–Trinajstić information content (AvgIpc) is 2.80. The van der Waals surface area contributed by atoms with Crippen molar-refractivity contribution in [2.75, 3.05) is 11.9 Å². The third-order valence-corrected chi connectivity index (χ3v) is 4.20. The number of hydrogen-bond donors (Lipinski definition) is 1. The van der Waals surface area contributed by atoms with Crippen molar-refractivity contribution >= 4 is 5.95 Å². The lowest BCUT2D eigenvalue weighted by atomic mass is 9.85. The van der Waals surface area contributed by atoms with Gasteiger partial charge in [-0.2, -0.15) is 10.1 Å². The SMILES string of the molecule is c1cc(C2CCNc3nc(C4CCC4)nn32)ccn1. The molecule has 19 heavy (non-hydrogen) atoms. The number of fused-ring (bicyclic) bond motifs is 1. The van der Waals surface area contributed by atoms with Crippen LogP contribution in [0.4, 0.5) is 5.95 Å². The maximum absolute atomic E-state index is 4.75. The van der Waals surface area contributed by atoms with Crippen LogP contribution in [-0.4, -0.2) is 26.3 Å². The van der Waals surface area contributed by atoms with Gasteiger partial charge in [-0.3, -0.25) is 4.98 Å². The molecule has 5 heteroatoms. The first-order chi connectivity index (χ1) is 9.42. The van der Waals surface area contributed by atoms with E-state index in [-0.39, 0.29) is 0 Å². The lowest BCUT2D eigenvalue weighted by Gasteiger charge is -2.24. The van der Waals surface area contributed by atoms with Crippen LogP contribution in [0.3, 0.4) is 0 Å². The summed E-state index contributed by atoms with van der Waals surface area (Å²) < 4.78 is 2.06. The van der Waals surface area contributed by atoms with Crippen molar-refractivity contribution in [3.05, 3.63) is 35.9 Å². The third-order valence-electron chi connectivity index (χ3n) is 4.20. The fourth-order valence-corrected chi connectivity index (χ4v) is 2.85. The highest BCUT2D eigenvalue weighted by Crippen LogP contribution is 2.36. The Kier molecular flexibility index (Phi) is 2.50. The number of pyridine rings is 1. The highest BCUT2D eigenvalue weighted by atomic mass is 15.4. The lowest BCUT2D eigenvalue weighted by molar-refractivity contribution is 0.393. The lowest BCUT2D eigenvalue weighted by Crippen LogP contribution is -2.24. The van der Waals surface area contributed by atoms with Gasteiger partial charge >= 0.3 is 0 Å². The van der Waals surface area contributed by atoms with Gasteiger partial charge in [-0.05, 0) is 37.0 Å².